The van der Waals surface area contributed by atoms with Crippen LogP contribution in [0.25, 0.3) is 0 Å². The van der Waals surface area contributed by atoms with Crippen LogP contribution in [0.1, 0.15) is 13.8 Å². The average Bonchev–Trinajstić information content (AvgIpc) is 2.59. The van der Waals surface area contributed by atoms with Gasteiger partial charge in [0.05, 0.1) is 6.61 Å². The highest BCUT2D eigenvalue weighted by atomic mass is 16.7. The Hall–Kier alpha value is -0.780. The Morgan fingerprint density at radius 2 is 2.07 bits per heavy atom. The molecule has 1 fully saturated rings. The van der Waals surface area contributed by atoms with Gasteiger partial charge in [0, 0.05) is 0 Å². The lowest BCUT2D eigenvalue weighted by molar-refractivity contribution is -0.138. The van der Waals surface area contributed by atoms with Crippen LogP contribution >= 0.6 is 0 Å². The molecule has 0 amide bonds. The highest BCUT2D eigenvalue weighted by Gasteiger charge is 2.40. The van der Waals surface area contributed by atoms with E-state index >= 15 is 0 Å². The van der Waals surface area contributed by atoms with E-state index in [1.54, 1.807) is 13.8 Å². The Labute approximate surface area is 81.9 Å². The minimum Gasteiger partial charge on any atom is -0.506 e. The second-order valence-corrected chi connectivity index (χ2v) is 3.89. The monoisotopic (exact) mass is 202 g/mol. The first-order chi connectivity index (χ1) is 6.49. The van der Waals surface area contributed by atoms with Gasteiger partial charge in [-0.3, -0.25) is 0 Å². The highest BCUT2D eigenvalue weighted by molar-refractivity contribution is 5.15. The van der Waals surface area contributed by atoms with Crippen LogP contribution in [-0.2, 0) is 14.2 Å². The smallest absolute Gasteiger partial charge is 0.168 e. The van der Waals surface area contributed by atoms with Gasteiger partial charge in [0.1, 0.15) is 18.8 Å². The third-order valence-corrected chi connectivity index (χ3v) is 2.27. The summed E-state index contributed by atoms with van der Waals surface area (Å²) in [4.78, 5) is 0. The fourth-order valence-electron chi connectivity index (χ4n) is 1.56. The summed E-state index contributed by atoms with van der Waals surface area (Å²) in [5.74, 6) is -0.506. The zero-order valence-corrected chi connectivity index (χ0v) is 8.19. The number of rotatable bonds is 1. The maximum atomic E-state index is 9.46. The van der Waals surface area contributed by atoms with Gasteiger partial charge < -0.3 is 24.4 Å². The second-order valence-electron chi connectivity index (χ2n) is 3.89. The lowest BCUT2D eigenvalue weighted by atomic mass is 10.2. The van der Waals surface area contributed by atoms with E-state index in [9.17, 15) is 10.2 Å². The molecular formula is C9H14O5. The highest BCUT2D eigenvalue weighted by Crippen LogP contribution is 2.31. The van der Waals surface area contributed by atoms with Crippen LogP contribution in [-0.4, -0.2) is 41.4 Å². The maximum absolute atomic E-state index is 9.46. The molecule has 2 aliphatic heterocycles. The first-order valence-electron chi connectivity index (χ1n) is 4.55. The molecule has 0 aliphatic carbocycles. The summed E-state index contributed by atoms with van der Waals surface area (Å²) in [6.45, 7) is 3.99. The number of aliphatic hydroxyl groups excluding tert-OH is 2. The van der Waals surface area contributed by atoms with Crippen molar-refractivity contribution in [2.24, 2.45) is 0 Å². The molecule has 0 spiro atoms. The fourth-order valence-corrected chi connectivity index (χ4v) is 1.56. The molecule has 2 rings (SSSR count). The Bertz CT molecular complexity index is 270. The van der Waals surface area contributed by atoms with Crippen LogP contribution in [0.5, 0.6) is 0 Å². The zero-order chi connectivity index (χ0) is 10.3. The number of hydrogen-bond acceptors (Lipinski definition) is 5. The molecule has 0 aromatic rings. The summed E-state index contributed by atoms with van der Waals surface area (Å²) in [7, 11) is 0. The van der Waals surface area contributed by atoms with Crippen LogP contribution in [0.2, 0.25) is 0 Å². The van der Waals surface area contributed by atoms with E-state index in [0.29, 0.717) is 12.4 Å². The van der Waals surface area contributed by atoms with E-state index in [0.717, 1.165) is 0 Å². The normalized spacial score (nSPS) is 36.2. The van der Waals surface area contributed by atoms with Crippen LogP contribution in [0.3, 0.4) is 0 Å². The van der Waals surface area contributed by atoms with Crippen molar-refractivity contribution in [1.82, 2.24) is 0 Å². The molecule has 0 aromatic heterocycles. The summed E-state index contributed by atoms with van der Waals surface area (Å²) >= 11 is 0. The second kappa shape index (κ2) is 3.12. The van der Waals surface area contributed by atoms with E-state index in [-0.39, 0.29) is 12.4 Å². The molecule has 14 heavy (non-hydrogen) atoms. The third-order valence-electron chi connectivity index (χ3n) is 2.27. The first kappa shape index (κ1) is 9.76. The fraction of sp³-hybridized carbons (Fsp3) is 0.778. The van der Waals surface area contributed by atoms with Crippen molar-refractivity contribution in [2.45, 2.75) is 31.8 Å². The Kier molecular flexibility index (Phi) is 2.17. The van der Waals surface area contributed by atoms with Crippen molar-refractivity contribution in [2.75, 3.05) is 13.2 Å². The largest absolute Gasteiger partial charge is 0.506 e. The van der Waals surface area contributed by atoms with Crippen molar-refractivity contribution in [3.05, 3.63) is 11.5 Å². The zero-order valence-electron chi connectivity index (χ0n) is 8.19. The lowest BCUT2D eigenvalue weighted by Crippen LogP contribution is -2.22. The van der Waals surface area contributed by atoms with Crippen molar-refractivity contribution >= 4 is 0 Å². The molecule has 2 atom stereocenters. The molecule has 2 aliphatic rings. The van der Waals surface area contributed by atoms with E-state index in [4.69, 9.17) is 14.2 Å². The van der Waals surface area contributed by atoms with Gasteiger partial charge in [0.15, 0.2) is 17.3 Å². The van der Waals surface area contributed by atoms with Gasteiger partial charge in [-0.05, 0) is 13.8 Å². The number of hydrogen-bond donors (Lipinski definition) is 2. The third kappa shape index (κ3) is 1.58. The van der Waals surface area contributed by atoms with Crippen LogP contribution in [0.15, 0.2) is 11.5 Å². The first-order valence-corrected chi connectivity index (χ1v) is 4.55. The molecule has 5 nitrogen and oxygen atoms in total. The Balaban J connectivity index is 2.11. The SMILES string of the molecule is CC1(C)OC[C@@H](C2=C(O)C(O)CO2)O1. The average molecular weight is 202 g/mol. The lowest BCUT2D eigenvalue weighted by Gasteiger charge is -2.17. The molecule has 0 saturated carbocycles. The van der Waals surface area contributed by atoms with Gasteiger partial charge in [-0.2, -0.15) is 0 Å². The molecule has 0 radical (unpaired) electrons. The summed E-state index contributed by atoms with van der Waals surface area (Å²) in [6, 6.07) is 0. The van der Waals surface area contributed by atoms with Crippen molar-refractivity contribution in [3.8, 4) is 0 Å². The predicted molar refractivity (Wildman–Crippen MR) is 46.5 cm³/mol. The minimum absolute atomic E-state index is 0.0848. The van der Waals surface area contributed by atoms with Gasteiger partial charge >= 0.3 is 0 Å². The molecule has 1 unspecified atom stereocenters. The van der Waals surface area contributed by atoms with Crippen LogP contribution in [0, 0.1) is 0 Å². The molecule has 2 heterocycles. The molecule has 1 saturated heterocycles. The molecule has 5 heteroatoms. The molecule has 80 valence electrons. The van der Waals surface area contributed by atoms with Gasteiger partial charge in [-0.1, -0.05) is 0 Å². The van der Waals surface area contributed by atoms with E-state index in [1.165, 1.54) is 0 Å². The van der Waals surface area contributed by atoms with E-state index in [2.05, 4.69) is 0 Å². The topological polar surface area (TPSA) is 68.2 Å². The standard InChI is InChI=1S/C9H14O5/c1-9(2)13-4-6(14-9)8-7(11)5(10)3-12-8/h5-6,10-11H,3-4H2,1-2H3/t5?,6-/m0/s1. The molecular weight excluding hydrogens is 188 g/mol. The number of aliphatic hydroxyl groups is 2. The van der Waals surface area contributed by atoms with Gasteiger partial charge in [0.25, 0.3) is 0 Å². The van der Waals surface area contributed by atoms with Crippen LogP contribution in [0.4, 0.5) is 0 Å². The van der Waals surface area contributed by atoms with Gasteiger partial charge in [0.2, 0.25) is 0 Å². The summed E-state index contributed by atoms with van der Waals surface area (Å²) < 4.78 is 15.9. The van der Waals surface area contributed by atoms with Crippen molar-refractivity contribution < 1.29 is 24.4 Å². The minimum atomic E-state index is -0.933. The summed E-state index contributed by atoms with van der Waals surface area (Å²) in [6.07, 6.45) is -1.35. The van der Waals surface area contributed by atoms with Gasteiger partial charge in [-0.15, -0.1) is 0 Å². The van der Waals surface area contributed by atoms with Crippen molar-refractivity contribution in [1.29, 1.82) is 0 Å². The van der Waals surface area contributed by atoms with E-state index < -0.39 is 18.0 Å². The molecule has 0 bridgehead atoms. The summed E-state index contributed by atoms with van der Waals surface area (Å²) in [5, 5.41) is 18.7. The molecule has 2 N–H and O–H groups in total. The maximum Gasteiger partial charge on any atom is 0.168 e. The Morgan fingerprint density at radius 3 is 2.50 bits per heavy atom. The quantitative estimate of drug-likeness (QED) is 0.640. The Morgan fingerprint density at radius 1 is 1.36 bits per heavy atom. The number of ether oxygens (including phenoxy) is 3. The summed E-state index contributed by atoms with van der Waals surface area (Å²) in [5.41, 5.74) is 0. The van der Waals surface area contributed by atoms with Crippen molar-refractivity contribution in [3.63, 3.8) is 0 Å². The van der Waals surface area contributed by atoms with E-state index in [1.807, 2.05) is 0 Å². The van der Waals surface area contributed by atoms with Gasteiger partial charge in [-0.25, -0.2) is 0 Å². The molecule has 0 aromatic carbocycles. The van der Waals surface area contributed by atoms with Crippen LogP contribution < -0.4 is 0 Å². The predicted octanol–water partition coefficient (Wildman–Crippen LogP) is 0.299.